The average Bonchev–Trinajstić information content (AvgIpc) is 2.26. The van der Waals surface area contributed by atoms with E-state index < -0.39 is 11.9 Å². The van der Waals surface area contributed by atoms with Crippen molar-refractivity contribution in [1.29, 1.82) is 0 Å². The fraction of sp³-hybridized carbons (Fsp3) is 0.667. The molecule has 2 nitrogen and oxygen atoms in total. The number of halogens is 3. The first kappa shape index (κ1) is 11.1. The smallest absolute Gasteiger partial charge is 0.273 e. The molecule has 0 aliphatic heterocycles. The van der Waals surface area contributed by atoms with Crippen LogP contribution in [0.5, 0.6) is 0 Å². The number of H-pyrrole nitrogens is 1. The number of hydrogen-bond donors (Lipinski definition) is 1. The van der Waals surface area contributed by atoms with Gasteiger partial charge in [0.15, 0.2) is 0 Å². The molecule has 1 heterocycles. The van der Waals surface area contributed by atoms with Crippen LogP contribution in [0.25, 0.3) is 0 Å². The lowest BCUT2D eigenvalue weighted by Gasteiger charge is -2.16. The van der Waals surface area contributed by atoms with Crippen molar-refractivity contribution >= 4 is 0 Å². The highest BCUT2D eigenvalue weighted by atomic mass is 19.4. The standard InChI is InChI=1S/C9H13F3N2/c1-5-6(8(2,3)4)13-14-7(5)9(10,11)12/h1-4H3,(H,13,14). The largest absolute Gasteiger partial charge is 0.433 e. The van der Waals surface area contributed by atoms with E-state index in [-0.39, 0.29) is 11.0 Å². The number of rotatable bonds is 0. The minimum atomic E-state index is -4.35. The van der Waals surface area contributed by atoms with Gasteiger partial charge in [-0.1, -0.05) is 20.8 Å². The molecule has 0 spiro atoms. The summed E-state index contributed by atoms with van der Waals surface area (Å²) in [6.07, 6.45) is -4.35. The fourth-order valence-corrected chi connectivity index (χ4v) is 1.40. The zero-order valence-electron chi connectivity index (χ0n) is 8.58. The highest BCUT2D eigenvalue weighted by Gasteiger charge is 2.37. The minimum Gasteiger partial charge on any atom is -0.273 e. The van der Waals surface area contributed by atoms with Crippen LogP contribution in [0.1, 0.15) is 37.7 Å². The van der Waals surface area contributed by atoms with Gasteiger partial charge < -0.3 is 0 Å². The first-order valence-electron chi connectivity index (χ1n) is 4.26. The maximum absolute atomic E-state index is 12.4. The van der Waals surface area contributed by atoms with Crippen molar-refractivity contribution in [1.82, 2.24) is 10.2 Å². The van der Waals surface area contributed by atoms with Gasteiger partial charge in [0.2, 0.25) is 0 Å². The summed E-state index contributed by atoms with van der Waals surface area (Å²) in [4.78, 5) is 0. The zero-order valence-corrected chi connectivity index (χ0v) is 8.58. The zero-order chi connectivity index (χ0) is 11.1. The third kappa shape index (κ3) is 1.91. The highest BCUT2D eigenvalue weighted by molar-refractivity contribution is 5.30. The molecule has 0 unspecified atom stereocenters. The van der Waals surface area contributed by atoms with Crippen LogP contribution in [-0.4, -0.2) is 10.2 Å². The van der Waals surface area contributed by atoms with Gasteiger partial charge in [0, 0.05) is 11.0 Å². The maximum Gasteiger partial charge on any atom is 0.433 e. The average molecular weight is 206 g/mol. The second-order valence-electron chi connectivity index (χ2n) is 4.32. The summed E-state index contributed by atoms with van der Waals surface area (Å²) in [5.74, 6) is 0. The highest BCUT2D eigenvalue weighted by Crippen LogP contribution is 2.34. The molecule has 0 saturated heterocycles. The Morgan fingerprint density at radius 2 is 1.64 bits per heavy atom. The molecule has 0 aliphatic carbocycles. The maximum atomic E-state index is 12.4. The molecule has 5 heteroatoms. The summed E-state index contributed by atoms with van der Waals surface area (Å²) >= 11 is 0. The molecule has 80 valence electrons. The SMILES string of the molecule is Cc1c(C(C)(C)C)n[nH]c1C(F)(F)F. The molecule has 0 saturated carbocycles. The lowest BCUT2D eigenvalue weighted by atomic mass is 9.89. The van der Waals surface area contributed by atoms with Crippen LogP contribution in [0.4, 0.5) is 13.2 Å². The van der Waals surface area contributed by atoms with E-state index in [0.717, 1.165) is 0 Å². The number of hydrogen-bond acceptors (Lipinski definition) is 1. The third-order valence-corrected chi connectivity index (χ3v) is 2.00. The van der Waals surface area contributed by atoms with Gasteiger partial charge in [-0.2, -0.15) is 18.3 Å². The van der Waals surface area contributed by atoms with E-state index in [1.807, 2.05) is 25.9 Å². The molecule has 14 heavy (non-hydrogen) atoms. The van der Waals surface area contributed by atoms with E-state index in [1.54, 1.807) is 0 Å². The van der Waals surface area contributed by atoms with Gasteiger partial charge in [0.25, 0.3) is 0 Å². The second kappa shape index (κ2) is 3.00. The van der Waals surface area contributed by atoms with E-state index in [4.69, 9.17) is 0 Å². The van der Waals surface area contributed by atoms with Crippen LogP contribution in [0.2, 0.25) is 0 Å². The second-order valence-corrected chi connectivity index (χ2v) is 4.32. The predicted octanol–water partition coefficient (Wildman–Crippen LogP) is 3.03. The number of aromatic amines is 1. The number of aromatic nitrogens is 2. The van der Waals surface area contributed by atoms with Gasteiger partial charge in [-0.05, 0) is 6.92 Å². The Morgan fingerprint density at radius 1 is 1.14 bits per heavy atom. The van der Waals surface area contributed by atoms with Gasteiger partial charge in [0.1, 0.15) is 5.69 Å². The Morgan fingerprint density at radius 3 is 1.86 bits per heavy atom. The van der Waals surface area contributed by atoms with E-state index in [1.165, 1.54) is 6.92 Å². The monoisotopic (exact) mass is 206 g/mol. The Hall–Kier alpha value is -1.00. The molecule has 0 aromatic carbocycles. The summed E-state index contributed by atoms with van der Waals surface area (Å²) in [5.41, 5.74) is -0.471. The molecule has 0 amide bonds. The summed E-state index contributed by atoms with van der Waals surface area (Å²) in [7, 11) is 0. The van der Waals surface area contributed by atoms with Crippen LogP contribution in [0.3, 0.4) is 0 Å². The van der Waals surface area contributed by atoms with Crippen molar-refractivity contribution in [2.75, 3.05) is 0 Å². The van der Waals surface area contributed by atoms with Crippen molar-refractivity contribution in [2.45, 2.75) is 39.3 Å². The van der Waals surface area contributed by atoms with Crippen molar-refractivity contribution in [2.24, 2.45) is 0 Å². The lowest BCUT2D eigenvalue weighted by Crippen LogP contribution is -2.14. The molecule has 0 atom stereocenters. The molecule has 1 aromatic rings. The minimum absolute atomic E-state index is 0.185. The van der Waals surface area contributed by atoms with Crippen molar-refractivity contribution in [3.63, 3.8) is 0 Å². The fourth-order valence-electron chi connectivity index (χ4n) is 1.40. The number of nitrogens with zero attached hydrogens (tertiary/aromatic N) is 1. The van der Waals surface area contributed by atoms with Gasteiger partial charge in [-0.25, -0.2) is 0 Å². The molecule has 1 aromatic heterocycles. The summed E-state index contributed by atoms with van der Waals surface area (Å²) in [5, 5.41) is 5.75. The summed E-state index contributed by atoms with van der Waals surface area (Å²) in [6, 6.07) is 0. The van der Waals surface area contributed by atoms with E-state index in [2.05, 4.69) is 5.10 Å². The third-order valence-electron chi connectivity index (χ3n) is 2.00. The molecule has 1 N–H and O–H groups in total. The first-order chi connectivity index (χ1) is 6.14. The summed E-state index contributed by atoms with van der Waals surface area (Å²) in [6.45, 7) is 6.93. The van der Waals surface area contributed by atoms with Gasteiger partial charge in [0.05, 0.1) is 5.69 Å². The molecule has 0 aliphatic rings. The van der Waals surface area contributed by atoms with Crippen LogP contribution in [0, 0.1) is 6.92 Å². The Kier molecular flexibility index (Phi) is 2.37. The van der Waals surface area contributed by atoms with E-state index >= 15 is 0 Å². The molecular weight excluding hydrogens is 193 g/mol. The van der Waals surface area contributed by atoms with Gasteiger partial charge in [-0.3, -0.25) is 5.10 Å². The van der Waals surface area contributed by atoms with Crippen molar-refractivity contribution < 1.29 is 13.2 Å². The van der Waals surface area contributed by atoms with Crippen LogP contribution >= 0.6 is 0 Å². The Labute approximate surface area is 80.5 Å². The molecular formula is C9H13F3N2. The predicted molar refractivity (Wildman–Crippen MR) is 47.0 cm³/mol. The van der Waals surface area contributed by atoms with E-state index in [0.29, 0.717) is 5.69 Å². The lowest BCUT2D eigenvalue weighted by molar-refractivity contribution is -0.141. The molecule has 1 rings (SSSR count). The van der Waals surface area contributed by atoms with Crippen LogP contribution in [0.15, 0.2) is 0 Å². The normalized spacial score (nSPS) is 13.4. The molecule has 0 radical (unpaired) electrons. The van der Waals surface area contributed by atoms with Gasteiger partial charge >= 0.3 is 6.18 Å². The first-order valence-corrected chi connectivity index (χ1v) is 4.26. The Bertz CT molecular complexity index is 299. The Balaban J connectivity index is 3.23. The number of nitrogens with one attached hydrogen (secondary N) is 1. The van der Waals surface area contributed by atoms with Crippen molar-refractivity contribution in [3.8, 4) is 0 Å². The molecule has 0 bridgehead atoms. The number of alkyl halides is 3. The summed E-state index contributed by atoms with van der Waals surface area (Å²) < 4.78 is 37.1. The quantitative estimate of drug-likeness (QED) is 0.694. The molecule has 0 fully saturated rings. The topological polar surface area (TPSA) is 28.7 Å². The van der Waals surface area contributed by atoms with Crippen LogP contribution < -0.4 is 0 Å². The van der Waals surface area contributed by atoms with Crippen molar-refractivity contribution in [3.05, 3.63) is 17.0 Å². The van der Waals surface area contributed by atoms with Crippen LogP contribution in [-0.2, 0) is 11.6 Å². The van der Waals surface area contributed by atoms with E-state index in [9.17, 15) is 13.2 Å². The van der Waals surface area contributed by atoms with Gasteiger partial charge in [-0.15, -0.1) is 0 Å².